The van der Waals surface area contributed by atoms with E-state index in [9.17, 15) is 4.79 Å². The van der Waals surface area contributed by atoms with Crippen molar-refractivity contribution in [3.63, 3.8) is 0 Å². The van der Waals surface area contributed by atoms with E-state index in [2.05, 4.69) is 20.7 Å². The molecule has 2 aromatic rings. The summed E-state index contributed by atoms with van der Waals surface area (Å²) in [5.41, 5.74) is 3.85. The highest BCUT2D eigenvalue weighted by atomic mass is 32.1. The first-order valence-electron chi connectivity index (χ1n) is 6.70. The van der Waals surface area contributed by atoms with Gasteiger partial charge in [-0.3, -0.25) is 4.79 Å². The normalized spacial score (nSPS) is 12.2. The van der Waals surface area contributed by atoms with Gasteiger partial charge in [-0.15, -0.1) is 11.3 Å². The molecular formula is C14H19N5OS. The van der Waals surface area contributed by atoms with E-state index >= 15 is 0 Å². The van der Waals surface area contributed by atoms with Crippen molar-refractivity contribution in [1.29, 1.82) is 0 Å². The molecule has 2 heterocycles. The standard InChI is InChI=1S/C14H19N5OS/c1-8(2)11-6-10(7-12(18-11)19-15)13(20)17-9(3)14-16-4-5-21-14/h4-9H,15H2,1-3H3,(H,17,20)(H,18,19). The fraction of sp³-hybridized carbons (Fsp3) is 0.357. The zero-order valence-electron chi connectivity index (χ0n) is 12.3. The lowest BCUT2D eigenvalue weighted by molar-refractivity contribution is 0.0939. The maximum atomic E-state index is 12.4. The summed E-state index contributed by atoms with van der Waals surface area (Å²) in [5, 5.41) is 5.69. The smallest absolute Gasteiger partial charge is 0.252 e. The molecule has 1 unspecified atom stereocenters. The van der Waals surface area contributed by atoms with E-state index in [1.807, 2.05) is 26.2 Å². The number of amides is 1. The van der Waals surface area contributed by atoms with Crippen molar-refractivity contribution in [2.24, 2.45) is 5.84 Å². The number of carbonyl (C=O) groups excluding carboxylic acids is 1. The third-order valence-corrected chi connectivity index (χ3v) is 3.97. The van der Waals surface area contributed by atoms with Crippen molar-refractivity contribution in [2.75, 3.05) is 5.43 Å². The van der Waals surface area contributed by atoms with Crippen LogP contribution in [0.2, 0.25) is 0 Å². The molecule has 0 aliphatic rings. The molecule has 112 valence electrons. The summed E-state index contributed by atoms with van der Waals surface area (Å²) >= 11 is 1.51. The van der Waals surface area contributed by atoms with Crippen LogP contribution in [0.25, 0.3) is 0 Å². The molecule has 0 aliphatic carbocycles. The van der Waals surface area contributed by atoms with E-state index in [1.165, 1.54) is 11.3 Å². The lowest BCUT2D eigenvalue weighted by Gasteiger charge is -2.14. The number of pyridine rings is 1. The molecule has 2 rings (SSSR count). The molecule has 0 aromatic carbocycles. The summed E-state index contributed by atoms with van der Waals surface area (Å²) in [7, 11) is 0. The topological polar surface area (TPSA) is 92.9 Å². The largest absolute Gasteiger partial charge is 0.343 e. The zero-order valence-corrected chi connectivity index (χ0v) is 13.1. The number of nitrogens with two attached hydrogens (primary N) is 1. The third-order valence-electron chi connectivity index (χ3n) is 3.02. The fourth-order valence-electron chi connectivity index (χ4n) is 1.84. The quantitative estimate of drug-likeness (QED) is 0.583. The van der Waals surface area contributed by atoms with Gasteiger partial charge in [0, 0.05) is 22.8 Å². The summed E-state index contributed by atoms with van der Waals surface area (Å²) in [4.78, 5) is 20.9. The Bertz CT molecular complexity index is 612. The first-order chi connectivity index (χ1) is 10.0. The lowest BCUT2D eigenvalue weighted by Crippen LogP contribution is -2.27. The molecule has 0 saturated heterocycles. The summed E-state index contributed by atoms with van der Waals surface area (Å²) in [5.74, 6) is 5.94. The second-order valence-electron chi connectivity index (χ2n) is 5.03. The molecule has 6 nitrogen and oxygen atoms in total. The first-order valence-corrected chi connectivity index (χ1v) is 7.58. The number of hydrogen-bond donors (Lipinski definition) is 3. The maximum Gasteiger partial charge on any atom is 0.252 e. The summed E-state index contributed by atoms with van der Waals surface area (Å²) in [6.07, 6.45) is 1.72. The Morgan fingerprint density at radius 3 is 2.67 bits per heavy atom. The van der Waals surface area contributed by atoms with Crippen LogP contribution in [-0.2, 0) is 0 Å². The number of nitrogen functional groups attached to an aromatic ring is 1. The number of nitrogens with one attached hydrogen (secondary N) is 2. The van der Waals surface area contributed by atoms with Crippen molar-refractivity contribution < 1.29 is 4.79 Å². The number of nitrogens with zero attached hydrogens (tertiary/aromatic N) is 2. The predicted octanol–water partition coefficient (Wildman–Crippen LogP) is 2.44. The minimum atomic E-state index is -0.168. The van der Waals surface area contributed by atoms with Crippen molar-refractivity contribution >= 4 is 23.1 Å². The molecular weight excluding hydrogens is 286 g/mol. The highest BCUT2D eigenvalue weighted by Gasteiger charge is 2.15. The molecule has 0 spiro atoms. The second-order valence-corrected chi connectivity index (χ2v) is 5.96. The average molecular weight is 305 g/mol. The van der Waals surface area contributed by atoms with Gasteiger partial charge in [-0.2, -0.15) is 0 Å². The molecule has 0 bridgehead atoms. The molecule has 0 saturated carbocycles. The first kappa shape index (κ1) is 15.4. The van der Waals surface area contributed by atoms with E-state index in [0.29, 0.717) is 11.4 Å². The monoisotopic (exact) mass is 305 g/mol. The van der Waals surface area contributed by atoms with E-state index in [-0.39, 0.29) is 17.9 Å². The SMILES string of the molecule is CC(C)c1cc(C(=O)NC(C)c2nccs2)cc(NN)n1. The van der Waals surface area contributed by atoms with Crippen LogP contribution >= 0.6 is 11.3 Å². The van der Waals surface area contributed by atoms with Crippen LogP contribution in [-0.4, -0.2) is 15.9 Å². The lowest BCUT2D eigenvalue weighted by atomic mass is 10.1. The molecule has 1 amide bonds. The number of hydrazine groups is 1. The Balaban J connectivity index is 2.20. The van der Waals surface area contributed by atoms with Gasteiger partial charge in [0.05, 0.1) is 6.04 Å². The minimum absolute atomic E-state index is 0.137. The number of thiazole rings is 1. The molecule has 0 aliphatic heterocycles. The maximum absolute atomic E-state index is 12.4. The minimum Gasteiger partial charge on any atom is -0.343 e. The van der Waals surface area contributed by atoms with E-state index < -0.39 is 0 Å². The van der Waals surface area contributed by atoms with E-state index in [4.69, 9.17) is 5.84 Å². The van der Waals surface area contributed by atoms with Gasteiger partial charge in [-0.1, -0.05) is 13.8 Å². The number of carbonyl (C=O) groups is 1. The Morgan fingerprint density at radius 1 is 1.33 bits per heavy atom. The van der Waals surface area contributed by atoms with Gasteiger partial charge in [0.2, 0.25) is 0 Å². The van der Waals surface area contributed by atoms with Crippen molar-refractivity contribution in [3.8, 4) is 0 Å². The number of rotatable bonds is 5. The second kappa shape index (κ2) is 6.64. The van der Waals surface area contributed by atoms with Crippen LogP contribution in [0.3, 0.4) is 0 Å². The molecule has 21 heavy (non-hydrogen) atoms. The Kier molecular flexibility index (Phi) is 4.87. The van der Waals surface area contributed by atoms with Gasteiger partial charge in [0.15, 0.2) is 0 Å². The Labute approximate surface area is 127 Å². The van der Waals surface area contributed by atoms with E-state index in [0.717, 1.165) is 10.7 Å². The average Bonchev–Trinajstić information content (AvgIpc) is 3.00. The van der Waals surface area contributed by atoms with Gasteiger partial charge in [0.1, 0.15) is 10.8 Å². The highest BCUT2D eigenvalue weighted by molar-refractivity contribution is 7.09. The number of anilines is 1. The third kappa shape index (κ3) is 3.77. The van der Waals surface area contributed by atoms with Crippen LogP contribution in [0.5, 0.6) is 0 Å². The van der Waals surface area contributed by atoms with Gasteiger partial charge >= 0.3 is 0 Å². The van der Waals surface area contributed by atoms with Crippen molar-refractivity contribution in [1.82, 2.24) is 15.3 Å². The molecule has 0 fully saturated rings. The van der Waals surface area contributed by atoms with Gasteiger partial charge in [0.25, 0.3) is 5.91 Å². The van der Waals surface area contributed by atoms with Crippen molar-refractivity contribution in [3.05, 3.63) is 40.0 Å². The molecule has 1 atom stereocenters. The van der Waals surface area contributed by atoms with Crippen LogP contribution in [0.1, 0.15) is 53.8 Å². The van der Waals surface area contributed by atoms with Crippen LogP contribution in [0, 0.1) is 0 Å². The number of hydrogen-bond acceptors (Lipinski definition) is 6. The summed E-state index contributed by atoms with van der Waals surface area (Å²) in [6, 6.07) is 3.29. The van der Waals surface area contributed by atoms with E-state index in [1.54, 1.807) is 18.3 Å². The highest BCUT2D eigenvalue weighted by Crippen LogP contribution is 2.19. The number of aromatic nitrogens is 2. The zero-order chi connectivity index (χ0) is 15.4. The molecule has 0 radical (unpaired) electrons. The Hall–Kier alpha value is -1.99. The van der Waals surface area contributed by atoms with Crippen LogP contribution in [0.4, 0.5) is 5.82 Å². The molecule has 2 aromatic heterocycles. The fourth-order valence-corrected chi connectivity index (χ4v) is 2.49. The Morgan fingerprint density at radius 2 is 2.10 bits per heavy atom. The molecule has 7 heteroatoms. The van der Waals surface area contributed by atoms with Gasteiger partial charge in [-0.05, 0) is 25.0 Å². The van der Waals surface area contributed by atoms with Gasteiger partial charge < -0.3 is 10.7 Å². The summed E-state index contributed by atoms with van der Waals surface area (Å²) in [6.45, 7) is 5.94. The predicted molar refractivity (Wildman–Crippen MR) is 84.1 cm³/mol. The molecule has 4 N–H and O–H groups in total. The van der Waals surface area contributed by atoms with Crippen LogP contribution < -0.4 is 16.6 Å². The summed E-state index contributed by atoms with van der Waals surface area (Å²) < 4.78 is 0. The van der Waals surface area contributed by atoms with Crippen LogP contribution in [0.15, 0.2) is 23.7 Å². The van der Waals surface area contributed by atoms with Gasteiger partial charge in [-0.25, -0.2) is 15.8 Å². The van der Waals surface area contributed by atoms with Crippen molar-refractivity contribution in [2.45, 2.75) is 32.7 Å².